The SMILES string of the molecule is C=CCc1ccccc1N(c1c(Cl)cccc1Cl)C1CC1.CC. The monoisotopic (exact) mass is 347 g/mol. The van der Waals surface area contributed by atoms with E-state index in [2.05, 4.69) is 35.7 Å². The third kappa shape index (κ3) is 4.10. The number of para-hydroxylation sites is 2. The van der Waals surface area contributed by atoms with Gasteiger partial charge in [-0.05, 0) is 43.0 Å². The van der Waals surface area contributed by atoms with E-state index in [-0.39, 0.29) is 0 Å². The van der Waals surface area contributed by atoms with Crippen LogP contribution < -0.4 is 4.90 Å². The van der Waals surface area contributed by atoms with Gasteiger partial charge >= 0.3 is 0 Å². The van der Waals surface area contributed by atoms with Crippen LogP contribution >= 0.6 is 23.2 Å². The summed E-state index contributed by atoms with van der Waals surface area (Å²) in [6.45, 7) is 7.85. The Kier molecular flexibility index (Phi) is 6.56. The summed E-state index contributed by atoms with van der Waals surface area (Å²) >= 11 is 12.9. The Hall–Kier alpha value is -1.44. The fraction of sp³-hybridized carbons (Fsp3) is 0.300. The Labute approximate surface area is 149 Å². The van der Waals surface area contributed by atoms with Gasteiger partial charge in [-0.25, -0.2) is 0 Å². The molecule has 2 aromatic carbocycles. The molecule has 0 bridgehead atoms. The van der Waals surface area contributed by atoms with Crippen molar-refractivity contribution in [3.63, 3.8) is 0 Å². The molecule has 0 aliphatic heterocycles. The molecular weight excluding hydrogens is 325 g/mol. The molecule has 1 aliphatic rings. The van der Waals surface area contributed by atoms with Crippen molar-refractivity contribution in [2.45, 2.75) is 39.2 Å². The average Bonchev–Trinajstić information content (AvgIpc) is 3.39. The summed E-state index contributed by atoms with van der Waals surface area (Å²) in [6, 6.07) is 14.5. The summed E-state index contributed by atoms with van der Waals surface area (Å²) in [7, 11) is 0. The lowest BCUT2D eigenvalue weighted by molar-refractivity contribution is 0.959. The quantitative estimate of drug-likeness (QED) is 0.523. The van der Waals surface area contributed by atoms with E-state index in [1.54, 1.807) is 0 Å². The van der Waals surface area contributed by atoms with Gasteiger partial charge < -0.3 is 4.90 Å². The molecule has 0 atom stereocenters. The van der Waals surface area contributed by atoms with Crippen molar-refractivity contribution in [2.24, 2.45) is 0 Å². The van der Waals surface area contributed by atoms with Crippen LogP contribution in [0.2, 0.25) is 10.0 Å². The van der Waals surface area contributed by atoms with E-state index in [1.165, 1.54) is 24.1 Å². The summed E-state index contributed by atoms with van der Waals surface area (Å²) in [6.07, 6.45) is 5.10. The van der Waals surface area contributed by atoms with Gasteiger partial charge in [0.2, 0.25) is 0 Å². The lowest BCUT2D eigenvalue weighted by Crippen LogP contribution is -2.21. The maximum Gasteiger partial charge on any atom is 0.0792 e. The van der Waals surface area contributed by atoms with Crippen LogP contribution in [0.3, 0.4) is 0 Å². The second kappa shape index (κ2) is 8.42. The summed E-state index contributed by atoms with van der Waals surface area (Å²) in [5.74, 6) is 0. The van der Waals surface area contributed by atoms with Gasteiger partial charge in [0.15, 0.2) is 0 Å². The molecular formula is C20H23Cl2N. The van der Waals surface area contributed by atoms with Crippen LogP contribution in [0, 0.1) is 0 Å². The Balaban J connectivity index is 0.000000924. The number of nitrogens with zero attached hydrogens (tertiary/aromatic N) is 1. The van der Waals surface area contributed by atoms with Crippen molar-refractivity contribution in [3.8, 4) is 0 Å². The molecule has 0 aromatic heterocycles. The first-order chi connectivity index (χ1) is 11.2. The number of hydrogen-bond acceptors (Lipinski definition) is 1. The Morgan fingerprint density at radius 1 is 1.04 bits per heavy atom. The van der Waals surface area contributed by atoms with E-state index in [9.17, 15) is 0 Å². The first-order valence-corrected chi connectivity index (χ1v) is 8.90. The Morgan fingerprint density at radius 2 is 1.65 bits per heavy atom. The van der Waals surface area contributed by atoms with Gasteiger partial charge in [0.25, 0.3) is 0 Å². The highest BCUT2D eigenvalue weighted by atomic mass is 35.5. The van der Waals surface area contributed by atoms with Crippen LogP contribution in [0.4, 0.5) is 11.4 Å². The van der Waals surface area contributed by atoms with Crippen molar-refractivity contribution in [1.29, 1.82) is 0 Å². The minimum absolute atomic E-state index is 0.480. The second-order valence-electron chi connectivity index (χ2n) is 5.29. The van der Waals surface area contributed by atoms with Crippen molar-refractivity contribution >= 4 is 34.6 Å². The maximum atomic E-state index is 6.43. The molecule has 0 radical (unpaired) electrons. The molecule has 1 saturated carbocycles. The number of halogens is 2. The molecule has 2 aromatic rings. The van der Waals surface area contributed by atoms with Gasteiger partial charge in [-0.2, -0.15) is 0 Å². The Morgan fingerprint density at radius 3 is 2.22 bits per heavy atom. The van der Waals surface area contributed by atoms with Gasteiger partial charge in [0.1, 0.15) is 0 Å². The molecule has 122 valence electrons. The molecule has 0 unspecified atom stereocenters. The minimum atomic E-state index is 0.480. The minimum Gasteiger partial charge on any atom is -0.336 e. The lowest BCUT2D eigenvalue weighted by Gasteiger charge is -2.29. The highest BCUT2D eigenvalue weighted by Gasteiger charge is 2.33. The molecule has 23 heavy (non-hydrogen) atoms. The van der Waals surface area contributed by atoms with Crippen LogP contribution in [-0.2, 0) is 6.42 Å². The van der Waals surface area contributed by atoms with Gasteiger partial charge in [-0.15, -0.1) is 6.58 Å². The third-order valence-corrected chi connectivity index (χ3v) is 4.32. The van der Waals surface area contributed by atoms with E-state index in [1.807, 2.05) is 38.1 Å². The van der Waals surface area contributed by atoms with Crippen molar-refractivity contribution in [3.05, 3.63) is 70.7 Å². The van der Waals surface area contributed by atoms with Crippen molar-refractivity contribution < 1.29 is 0 Å². The first kappa shape index (κ1) is 17.9. The maximum absolute atomic E-state index is 6.43. The van der Waals surface area contributed by atoms with E-state index < -0.39 is 0 Å². The van der Waals surface area contributed by atoms with Crippen LogP contribution in [0.25, 0.3) is 0 Å². The number of hydrogen-bond donors (Lipinski definition) is 0. The average molecular weight is 348 g/mol. The topological polar surface area (TPSA) is 3.24 Å². The first-order valence-electron chi connectivity index (χ1n) is 8.14. The van der Waals surface area contributed by atoms with Gasteiger partial charge in [-0.1, -0.05) is 67.4 Å². The predicted molar refractivity (Wildman–Crippen MR) is 103 cm³/mol. The number of rotatable bonds is 5. The van der Waals surface area contributed by atoms with Crippen LogP contribution in [0.15, 0.2) is 55.1 Å². The molecule has 1 fully saturated rings. The fourth-order valence-corrected chi connectivity index (χ4v) is 3.21. The molecule has 1 nitrogen and oxygen atoms in total. The Bertz CT molecular complexity index is 642. The highest BCUT2D eigenvalue weighted by Crippen LogP contribution is 2.45. The zero-order chi connectivity index (χ0) is 16.8. The van der Waals surface area contributed by atoms with Crippen LogP contribution in [-0.4, -0.2) is 6.04 Å². The van der Waals surface area contributed by atoms with E-state index in [4.69, 9.17) is 23.2 Å². The smallest absolute Gasteiger partial charge is 0.0792 e. The fourth-order valence-electron chi connectivity index (χ4n) is 2.63. The molecule has 3 rings (SSSR count). The summed E-state index contributed by atoms with van der Waals surface area (Å²) < 4.78 is 0. The van der Waals surface area contributed by atoms with Crippen LogP contribution in [0.5, 0.6) is 0 Å². The zero-order valence-electron chi connectivity index (χ0n) is 13.7. The van der Waals surface area contributed by atoms with Gasteiger partial charge in [0, 0.05) is 11.7 Å². The molecule has 3 heteroatoms. The van der Waals surface area contributed by atoms with Gasteiger partial charge in [0.05, 0.1) is 15.7 Å². The molecule has 1 aliphatic carbocycles. The standard InChI is InChI=1S/C18H17Cl2N.C2H6/c1-2-6-13-7-3-4-10-17(13)21(14-11-12-14)18-15(19)8-5-9-16(18)20;1-2/h2-5,7-10,14H,1,6,11-12H2;1-2H3. The molecule has 0 saturated heterocycles. The van der Waals surface area contributed by atoms with E-state index in [0.29, 0.717) is 16.1 Å². The largest absolute Gasteiger partial charge is 0.336 e. The number of benzene rings is 2. The number of allylic oxidation sites excluding steroid dienone is 1. The normalized spacial score (nSPS) is 13.0. The molecule has 0 heterocycles. The molecule has 0 spiro atoms. The number of anilines is 2. The zero-order valence-corrected chi connectivity index (χ0v) is 15.2. The summed E-state index contributed by atoms with van der Waals surface area (Å²) in [4.78, 5) is 2.30. The van der Waals surface area contributed by atoms with E-state index >= 15 is 0 Å². The summed E-state index contributed by atoms with van der Waals surface area (Å²) in [5.41, 5.74) is 3.34. The third-order valence-electron chi connectivity index (χ3n) is 3.71. The van der Waals surface area contributed by atoms with Crippen molar-refractivity contribution in [2.75, 3.05) is 4.90 Å². The molecule has 0 amide bonds. The molecule has 0 N–H and O–H groups in total. The van der Waals surface area contributed by atoms with Gasteiger partial charge in [-0.3, -0.25) is 0 Å². The van der Waals surface area contributed by atoms with Crippen molar-refractivity contribution in [1.82, 2.24) is 0 Å². The predicted octanol–water partition coefficient (Wildman–Crippen LogP) is 7.05. The highest BCUT2D eigenvalue weighted by molar-refractivity contribution is 6.39. The summed E-state index contributed by atoms with van der Waals surface area (Å²) in [5, 5.41) is 1.39. The van der Waals surface area contributed by atoms with E-state index in [0.717, 1.165) is 12.1 Å². The van der Waals surface area contributed by atoms with Crippen LogP contribution in [0.1, 0.15) is 32.3 Å². The lowest BCUT2D eigenvalue weighted by atomic mass is 10.1. The second-order valence-corrected chi connectivity index (χ2v) is 6.11.